The van der Waals surface area contributed by atoms with Crippen molar-refractivity contribution >= 4 is 11.7 Å². The first-order valence-electron chi connectivity index (χ1n) is 7.86. The van der Waals surface area contributed by atoms with Crippen LogP contribution in [0.15, 0.2) is 30.3 Å². The highest BCUT2D eigenvalue weighted by Crippen LogP contribution is 2.18. The van der Waals surface area contributed by atoms with Gasteiger partial charge in [-0.05, 0) is 38.3 Å². The van der Waals surface area contributed by atoms with Crippen LogP contribution < -0.4 is 5.32 Å². The number of hydrogen-bond donors (Lipinski definition) is 1. The third-order valence-electron chi connectivity index (χ3n) is 3.73. The van der Waals surface area contributed by atoms with Crippen LogP contribution in [0.3, 0.4) is 0 Å². The lowest BCUT2D eigenvalue weighted by Crippen LogP contribution is -2.32. The molecule has 5 nitrogen and oxygen atoms in total. The quantitative estimate of drug-likeness (QED) is 0.659. The van der Waals surface area contributed by atoms with Crippen molar-refractivity contribution in [3.05, 3.63) is 47.3 Å². The number of hydrogen-bond acceptors (Lipinski definition) is 3. The van der Waals surface area contributed by atoms with E-state index in [9.17, 15) is 9.59 Å². The Morgan fingerprint density at radius 2 is 1.83 bits per heavy atom. The second-order valence-electron chi connectivity index (χ2n) is 6.06. The summed E-state index contributed by atoms with van der Waals surface area (Å²) >= 11 is 0. The molecule has 0 atom stereocenters. The van der Waals surface area contributed by atoms with Crippen LogP contribution in [0.1, 0.15) is 42.0 Å². The van der Waals surface area contributed by atoms with Gasteiger partial charge < -0.3 is 5.32 Å². The summed E-state index contributed by atoms with van der Waals surface area (Å²) in [6.45, 7) is 8.22. The summed E-state index contributed by atoms with van der Waals surface area (Å²) in [7, 11) is 0. The number of carbonyl (C=O) groups is 2. The molecule has 1 N–H and O–H groups in total. The molecule has 1 aromatic carbocycles. The molecule has 23 heavy (non-hydrogen) atoms. The van der Waals surface area contributed by atoms with E-state index in [1.165, 1.54) is 0 Å². The van der Waals surface area contributed by atoms with Crippen molar-refractivity contribution in [3.8, 4) is 5.69 Å². The van der Waals surface area contributed by atoms with Crippen LogP contribution in [0.2, 0.25) is 0 Å². The fourth-order valence-corrected chi connectivity index (χ4v) is 2.46. The zero-order valence-electron chi connectivity index (χ0n) is 14.1. The molecule has 2 rings (SSSR count). The van der Waals surface area contributed by atoms with E-state index in [1.807, 2.05) is 37.3 Å². The van der Waals surface area contributed by atoms with Crippen molar-refractivity contribution in [1.29, 1.82) is 0 Å². The van der Waals surface area contributed by atoms with Crippen molar-refractivity contribution in [2.45, 2.75) is 34.1 Å². The molecular formula is C18H23N3O2. The molecule has 1 aromatic heterocycles. The van der Waals surface area contributed by atoms with Crippen molar-refractivity contribution in [1.82, 2.24) is 15.1 Å². The number of rotatable bonds is 6. The number of nitrogens with zero attached hydrogens (tertiary/aromatic N) is 2. The van der Waals surface area contributed by atoms with Gasteiger partial charge in [-0.25, -0.2) is 4.68 Å². The average molecular weight is 313 g/mol. The summed E-state index contributed by atoms with van der Waals surface area (Å²) in [6, 6.07) is 9.56. The standard InChI is InChI=1S/C18H23N3O2/c1-12(2)10-11-19-18(23)17(22)16-13(3)20-21(14(16)4)15-8-6-5-7-9-15/h5-9,12H,10-11H2,1-4H3,(H,19,23). The van der Waals surface area contributed by atoms with Crippen LogP contribution >= 0.6 is 0 Å². The van der Waals surface area contributed by atoms with Crippen LogP contribution in [0.4, 0.5) is 0 Å². The maximum absolute atomic E-state index is 12.4. The first kappa shape index (κ1) is 16.9. The molecule has 0 aliphatic rings. The first-order chi connectivity index (χ1) is 10.9. The Balaban J connectivity index is 2.21. The number of aryl methyl sites for hydroxylation is 1. The van der Waals surface area contributed by atoms with Crippen LogP contribution in [0.5, 0.6) is 0 Å². The Hall–Kier alpha value is -2.43. The van der Waals surface area contributed by atoms with Crippen LogP contribution in [-0.4, -0.2) is 28.0 Å². The molecule has 5 heteroatoms. The Bertz CT molecular complexity index is 703. The molecule has 0 saturated heterocycles. The van der Waals surface area contributed by atoms with Gasteiger partial charge in [0.25, 0.3) is 11.7 Å². The van der Waals surface area contributed by atoms with Crippen molar-refractivity contribution in [2.24, 2.45) is 5.92 Å². The summed E-state index contributed by atoms with van der Waals surface area (Å²) < 4.78 is 1.70. The summed E-state index contributed by atoms with van der Waals surface area (Å²) in [6.07, 6.45) is 0.847. The number of ketones is 1. The van der Waals surface area contributed by atoms with Gasteiger partial charge in [-0.15, -0.1) is 0 Å². The maximum atomic E-state index is 12.4. The minimum Gasteiger partial charge on any atom is -0.349 e. The Kier molecular flexibility index (Phi) is 5.32. The van der Waals surface area contributed by atoms with E-state index in [-0.39, 0.29) is 0 Å². The minimum absolute atomic E-state index is 0.385. The molecule has 0 bridgehead atoms. The van der Waals surface area contributed by atoms with E-state index in [0.717, 1.165) is 12.1 Å². The molecule has 0 spiro atoms. The summed E-state index contributed by atoms with van der Waals surface area (Å²) in [5.41, 5.74) is 2.50. The van der Waals surface area contributed by atoms with Crippen LogP contribution in [0.25, 0.3) is 5.69 Å². The maximum Gasteiger partial charge on any atom is 0.292 e. The minimum atomic E-state index is -0.565. The van der Waals surface area contributed by atoms with E-state index < -0.39 is 11.7 Å². The molecule has 0 saturated carbocycles. The van der Waals surface area contributed by atoms with Crippen molar-refractivity contribution < 1.29 is 9.59 Å². The molecule has 0 unspecified atom stereocenters. The van der Waals surface area contributed by atoms with Gasteiger partial charge in [0.1, 0.15) is 0 Å². The normalized spacial score (nSPS) is 10.8. The van der Waals surface area contributed by atoms with Crippen LogP contribution in [-0.2, 0) is 4.79 Å². The summed E-state index contributed by atoms with van der Waals surface area (Å²) in [5, 5.41) is 7.10. The largest absolute Gasteiger partial charge is 0.349 e. The van der Waals surface area contributed by atoms with E-state index in [2.05, 4.69) is 24.3 Å². The van der Waals surface area contributed by atoms with Gasteiger partial charge in [-0.3, -0.25) is 9.59 Å². The molecule has 1 amide bonds. The number of para-hydroxylation sites is 1. The van der Waals surface area contributed by atoms with Crippen molar-refractivity contribution in [2.75, 3.05) is 6.54 Å². The SMILES string of the molecule is Cc1nn(-c2ccccc2)c(C)c1C(=O)C(=O)NCCC(C)C. The number of aromatic nitrogens is 2. The molecular weight excluding hydrogens is 290 g/mol. The Morgan fingerprint density at radius 1 is 1.17 bits per heavy atom. The number of amides is 1. The summed E-state index contributed by atoms with van der Waals surface area (Å²) in [4.78, 5) is 24.5. The summed E-state index contributed by atoms with van der Waals surface area (Å²) in [5.74, 6) is -0.606. The van der Waals surface area contributed by atoms with Gasteiger partial charge in [-0.1, -0.05) is 32.0 Å². The topological polar surface area (TPSA) is 64.0 Å². The van der Waals surface area contributed by atoms with Gasteiger partial charge in [-0.2, -0.15) is 5.10 Å². The lowest BCUT2D eigenvalue weighted by atomic mass is 10.1. The highest BCUT2D eigenvalue weighted by molar-refractivity contribution is 6.43. The lowest BCUT2D eigenvalue weighted by Gasteiger charge is -2.07. The fourth-order valence-electron chi connectivity index (χ4n) is 2.46. The Labute approximate surface area is 136 Å². The van der Waals surface area contributed by atoms with Gasteiger partial charge >= 0.3 is 0 Å². The first-order valence-corrected chi connectivity index (χ1v) is 7.86. The van der Waals surface area contributed by atoms with E-state index >= 15 is 0 Å². The zero-order chi connectivity index (χ0) is 17.0. The van der Waals surface area contributed by atoms with Gasteiger partial charge in [0.05, 0.1) is 22.6 Å². The Morgan fingerprint density at radius 3 is 2.43 bits per heavy atom. The number of benzene rings is 1. The monoisotopic (exact) mass is 313 g/mol. The second-order valence-corrected chi connectivity index (χ2v) is 6.06. The number of nitrogens with one attached hydrogen (secondary N) is 1. The van der Waals surface area contributed by atoms with Crippen LogP contribution in [0, 0.1) is 19.8 Å². The molecule has 0 fully saturated rings. The number of Topliss-reactive ketones (excluding diaryl/α,β-unsaturated/α-hetero) is 1. The highest BCUT2D eigenvalue weighted by atomic mass is 16.2. The van der Waals surface area contributed by atoms with Gasteiger partial charge in [0.15, 0.2) is 0 Å². The zero-order valence-corrected chi connectivity index (χ0v) is 14.1. The van der Waals surface area contributed by atoms with E-state index in [1.54, 1.807) is 11.6 Å². The fraction of sp³-hybridized carbons (Fsp3) is 0.389. The highest BCUT2D eigenvalue weighted by Gasteiger charge is 2.24. The predicted octanol–water partition coefficient (Wildman–Crippen LogP) is 2.83. The van der Waals surface area contributed by atoms with Gasteiger partial charge in [0, 0.05) is 6.54 Å². The van der Waals surface area contributed by atoms with Gasteiger partial charge in [0.2, 0.25) is 0 Å². The molecule has 0 radical (unpaired) electrons. The second kappa shape index (κ2) is 7.22. The number of carbonyl (C=O) groups excluding carboxylic acids is 2. The average Bonchev–Trinajstić information content (AvgIpc) is 2.82. The molecule has 2 aromatic rings. The van der Waals surface area contributed by atoms with Crippen molar-refractivity contribution in [3.63, 3.8) is 0 Å². The smallest absolute Gasteiger partial charge is 0.292 e. The van der Waals surface area contributed by atoms with E-state index in [0.29, 0.717) is 29.4 Å². The molecule has 0 aliphatic heterocycles. The van der Waals surface area contributed by atoms with E-state index in [4.69, 9.17) is 0 Å². The molecule has 1 heterocycles. The lowest BCUT2D eigenvalue weighted by molar-refractivity contribution is -0.117. The predicted molar refractivity (Wildman–Crippen MR) is 89.8 cm³/mol. The third kappa shape index (κ3) is 3.86. The molecule has 122 valence electrons. The third-order valence-corrected chi connectivity index (χ3v) is 3.73. The molecule has 0 aliphatic carbocycles.